The quantitative estimate of drug-likeness (QED) is 0.247. The standard InChI is InChI=1S/C34H44N6O5S2/c1-23(2)19-39(47(44,45)29-13-9-12-27(16-29)18-35)21-31(41)30(17-26-10-7-6-8-11-26)37-33(42)32(24(3)4)40-15-14-38(34(40)43)20-28-22-46-25(5)36-28/h6-13,16,22-24,30-32,41H,14-15,17,19-21H2,1-5H3,(H,37,42)/t30-,31+,32?/m0/s1. The molecule has 1 unspecified atom stereocenters. The summed E-state index contributed by atoms with van der Waals surface area (Å²) in [6.45, 7) is 10.4. The van der Waals surface area contributed by atoms with E-state index >= 15 is 0 Å². The van der Waals surface area contributed by atoms with Crippen molar-refractivity contribution in [3.63, 3.8) is 0 Å². The second-order valence-electron chi connectivity index (χ2n) is 12.7. The van der Waals surface area contributed by atoms with Gasteiger partial charge in [-0.2, -0.15) is 9.57 Å². The topological polar surface area (TPSA) is 147 Å². The molecule has 11 nitrogen and oxygen atoms in total. The molecule has 3 aromatic rings. The lowest BCUT2D eigenvalue weighted by Crippen LogP contribution is -2.57. The molecular formula is C34H44N6O5S2. The third-order valence-corrected chi connectivity index (χ3v) is 10.7. The number of carbonyl (C=O) groups excluding carboxylic acids is 2. The maximum Gasteiger partial charge on any atom is 0.321 e. The van der Waals surface area contributed by atoms with Gasteiger partial charge in [-0.1, -0.05) is 64.1 Å². The first-order chi connectivity index (χ1) is 22.3. The fourth-order valence-corrected chi connectivity index (χ4v) is 8.07. The maximum atomic E-state index is 14.0. The van der Waals surface area contributed by atoms with Gasteiger partial charge in [0, 0.05) is 31.6 Å². The third kappa shape index (κ3) is 9.16. The lowest BCUT2D eigenvalue weighted by Gasteiger charge is -2.34. The number of sulfonamides is 1. The summed E-state index contributed by atoms with van der Waals surface area (Å²) in [5.41, 5.74) is 1.86. The highest BCUT2D eigenvalue weighted by Crippen LogP contribution is 2.23. The van der Waals surface area contributed by atoms with Crippen LogP contribution < -0.4 is 5.32 Å². The Labute approximate surface area is 281 Å². The van der Waals surface area contributed by atoms with Gasteiger partial charge in [-0.15, -0.1) is 11.3 Å². The molecule has 3 atom stereocenters. The number of rotatable bonds is 15. The molecule has 1 aliphatic rings. The predicted octanol–water partition coefficient (Wildman–Crippen LogP) is 4.02. The average Bonchev–Trinajstić information content (AvgIpc) is 3.60. The summed E-state index contributed by atoms with van der Waals surface area (Å²) >= 11 is 1.52. The monoisotopic (exact) mass is 680 g/mol. The minimum atomic E-state index is -4.09. The van der Waals surface area contributed by atoms with E-state index in [2.05, 4.69) is 10.3 Å². The second kappa shape index (κ2) is 15.8. The van der Waals surface area contributed by atoms with Gasteiger partial charge in [-0.25, -0.2) is 18.2 Å². The van der Waals surface area contributed by atoms with E-state index in [1.807, 2.05) is 76.4 Å². The molecule has 1 saturated heterocycles. The van der Waals surface area contributed by atoms with Crippen LogP contribution in [0.4, 0.5) is 4.79 Å². The molecular weight excluding hydrogens is 637 g/mol. The van der Waals surface area contributed by atoms with Crippen LogP contribution >= 0.6 is 11.3 Å². The first-order valence-corrected chi connectivity index (χ1v) is 18.1. The van der Waals surface area contributed by atoms with Gasteiger partial charge in [0.1, 0.15) is 6.04 Å². The molecule has 4 rings (SSSR count). The Morgan fingerprint density at radius 1 is 1.11 bits per heavy atom. The first kappa shape index (κ1) is 36.0. The van der Waals surface area contributed by atoms with Crippen LogP contribution in [0.25, 0.3) is 0 Å². The normalized spacial score (nSPS) is 15.7. The van der Waals surface area contributed by atoms with E-state index < -0.39 is 34.1 Å². The number of nitrogens with one attached hydrogen (secondary N) is 1. The summed E-state index contributed by atoms with van der Waals surface area (Å²) in [6, 6.07) is 15.2. The Kier molecular flexibility index (Phi) is 12.1. The van der Waals surface area contributed by atoms with Crippen LogP contribution in [0.2, 0.25) is 0 Å². The summed E-state index contributed by atoms with van der Waals surface area (Å²) < 4.78 is 28.8. The highest BCUT2D eigenvalue weighted by molar-refractivity contribution is 7.89. The number of nitrogens with zero attached hydrogens (tertiary/aromatic N) is 5. The number of aliphatic hydroxyl groups excluding tert-OH is 1. The molecule has 3 amide bonds. The van der Waals surface area contributed by atoms with Gasteiger partial charge in [-0.3, -0.25) is 4.79 Å². The number of aliphatic hydroxyl groups is 1. The lowest BCUT2D eigenvalue weighted by atomic mass is 9.97. The number of benzene rings is 2. The zero-order chi connectivity index (χ0) is 34.3. The molecule has 1 fully saturated rings. The number of urea groups is 1. The van der Waals surface area contributed by atoms with E-state index in [-0.39, 0.29) is 47.8 Å². The minimum absolute atomic E-state index is 0.0437. The van der Waals surface area contributed by atoms with Crippen molar-refractivity contribution >= 4 is 33.3 Å². The van der Waals surface area contributed by atoms with Crippen molar-refractivity contribution in [1.82, 2.24) is 24.4 Å². The fraction of sp³-hybridized carbons (Fsp3) is 0.471. The summed E-state index contributed by atoms with van der Waals surface area (Å²) in [5, 5.41) is 26.9. The molecule has 0 radical (unpaired) electrons. The van der Waals surface area contributed by atoms with Gasteiger partial charge < -0.3 is 20.2 Å². The molecule has 1 aliphatic heterocycles. The molecule has 0 saturated carbocycles. The molecule has 13 heteroatoms. The van der Waals surface area contributed by atoms with Crippen molar-refractivity contribution in [3.8, 4) is 6.07 Å². The molecule has 0 bridgehead atoms. The maximum absolute atomic E-state index is 14.0. The average molecular weight is 681 g/mol. The van der Waals surface area contributed by atoms with E-state index in [1.165, 1.54) is 39.9 Å². The first-order valence-electron chi connectivity index (χ1n) is 15.8. The molecule has 2 N–H and O–H groups in total. The largest absolute Gasteiger partial charge is 0.390 e. The highest BCUT2D eigenvalue weighted by Gasteiger charge is 2.40. The van der Waals surface area contributed by atoms with Crippen molar-refractivity contribution in [2.24, 2.45) is 11.8 Å². The number of hydrogen-bond donors (Lipinski definition) is 2. The molecule has 2 heterocycles. The molecule has 252 valence electrons. The van der Waals surface area contributed by atoms with Crippen molar-refractivity contribution in [3.05, 3.63) is 81.8 Å². The van der Waals surface area contributed by atoms with Crippen molar-refractivity contribution in [2.45, 2.75) is 70.7 Å². The van der Waals surface area contributed by atoms with Gasteiger partial charge in [0.15, 0.2) is 0 Å². The van der Waals surface area contributed by atoms with Crippen LogP contribution in [0.3, 0.4) is 0 Å². The van der Waals surface area contributed by atoms with Crippen molar-refractivity contribution in [2.75, 3.05) is 26.2 Å². The molecule has 0 aliphatic carbocycles. The molecule has 2 aromatic carbocycles. The van der Waals surface area contributed by atoms with Crippen molar-refractivity contribution < 1.29 is 23.1 Å². The number of aryl methyl sites for hydroxylation is 1. The number of thiazole rings is 1. The Hall–Kier alpha value is -3.83. The Balaban J connectivity index is 1.58. The van der Waals surface area contributed by atoms with Crippen LogP contribution in [0.1, 0.15) is 49.5 Å². The third-order valence-electron chi connectivity index (χ3n) is 8.03. The second-order valence-corrected chi connectivity index (χ2v) is 15.7. The van der Waals surface area contributed by atoms with E-state index in [9.17, 15) is 28.4 Å². The SMILES string of the molecule is Cc1nc(CN2CCN(C(C(=O)N[C@@H](Cc3ccccc3)[C@H](O)CN(CC(C)C)S(=O)(=O)c3cccc(C#N)c3)C(C)C)C2=O)cs1. The van der Waals surface area contributed by atoms with Crippen LogP contribution in [0, 0.1) is 30.1 Å². The fourth-order valence-electron chi connectivity index (χ4n) is 5.80. The van der Waals surface area contributed by atoms with Crippen LogP contribution in [-0.2, 0) is 27.8 Å². The Bertz CT molecular complexity index is 1670. The van der Waals surface area contributed by atoms with E-state index in [4.69, 9.17) is 0 Å². The van der Waals surface area contributed by atoms with E-state index in [0.717, 1.165) is 16.3 Å². The summed E-state index contributed by atoms with van der Waals surface area (Å²) in [6.07, 6.45) is -1.06. The zero-order valence-electron chi connectivity index (χ0n) is 27.5. The molecule has 0 spiro atoms. The van der Waals surface area contributed by atoms with Gasteiger partial charge in [0.05, 0.1) is 45.9 Å². The van der Waals surface area contributed by atoms with Gasteiger partial charge in [-0.05, 0) is 48.9 Å². The Morgan fingerprint density at radius 3 is 2.45 bits per heavy atom. The van der Waals surface area contributed by atoms with Gasteiger partial charge >= 0.3 is 6.03 Å². The highest BCUT2D eigenvalue weighted by atomic mass is 32.2. The predicted molar refractivity (Wildman–Crippen MR) is 181 cm³/mol. The Morgan fingerprint density at radius 2 is 1.83 bits per heavy atom. The smallest absolute Gasteiger partial charge is 0.321 e. The van der Waals surface area contributed by atoms with Crippen LogP contribution in [0.5, 0.6) is 0 Å². The van der Waals surface area contributed by atoms with Gasteiger partial charge in [0.2, 0.25) is 15.9 Å². The number of carbonyl (C=O) groups is 2. The minimum Gasteiger partial charge on any atom is -0.390 e. The summed E-state index contributed by atoms with van der Waals surface area (Å²) in [7, 11) is -4.09. The van der Waals surface area contributed by atoms with Crippen molar-refractivity contribution in [1.29, 1.82) is 5.26 Å². The van der Waals surface area contributed by atoms with E-state index in [0.29, 0.717) is 19.6 Å². The summed E-state index contributed by atoms with van der Waals surface area (Å²) in [5.74, 6) is -0.722. The number of nitriles is 1. The number of aromatic nitrogens is 1. The van der Waals surface area contributed by atoms with Crippen LogP contribution in [-0.4, -0.2) is 88.9 Å². The zero-order valence-corrected chi connectivity index (χ0v) is 29.2. The summed E-state index contributed by atoms with van der Waals surface area (Å²) in [4.78, 5) is 35.2. The lowest BCUT2D eigenvalue weighted by molar-refractivity contribution is -0.128. The van der Waals surface area contributed by atoms with E-state index in [1.54, 1.807) is 9.80 Å². The number of amides is 3. The molecule has 47 heavy (non-hydrogen) atoms. The number of hydrogen-bond acceptors (Lipinski definition) is 8. The molecule has 1 aromatic heterocycles. The van der Waals surface area contributed by atoms with Crippen LogP contribution in [0.15, 0.2) is 64.9 Å². The van der Waals surface area contributed by atoms with Gasteiger partial charge in [0.25, 0.3) is 0 Å².